The van der Waals surface area contributed by atoms with Crippen LogP contribution in [-0.2, 0) is 14.8 Å². The number of aromatic nitrogens is 2. The van der Waals surface area contributed by atoms with Crippen LogP contribution >= 0.6 is 0 Å². The molecule has 0 radical (unpaired) electrons. The molecule has 0 spiro atoms. The van der Waals surface area contributed by atoms with Crippen molar-refractivity contribution in [3.8, 4) is 11.3 Å². The van der Waals surface area contributed by atoms with Crippen LogP contribution in [0.5, 0.6) is 0 Å². The molecule has 1 heterocycles. The van der Waals surface area contributed by atoms with Crippen molar-refractivity contribution >= 4 is 27.3 Å². The maximum absolute atomic E-state index is 13.3. The van der Waals surface area contributed by atoms with Crippen LogP contribution in [0.3, 0.4) is 0 Å². The Morgan fingerprint density at radius 2 is 1.63 bits per heavy atom. The van der Waals surface area contributed by atoms with E-state index in [0.29, 0.717) is 17.1 Å². The highest BCUT2D eigenvalue weighted by molar-refractivity contribution is 7.92. The summed E-state index contributed by atoms with van der Waals surface area (Å²) < 4.78 is 30.9. The second-order valence-electron chi connectivity index (χ2n) is 7.49. The summed E-state index contributed by atoms with van der Waals surface area (Å²) in [6.45, 7) is 1.42. The summed E-state index contributed by atoms with van der Waals surface area (Å²) in [5.41, 5.74) is 2.22. The van der Waals surface area contributed by atoms with Gasteiger partial charge >= 0.3 is 0 Å². The Morgan fingerprint density at radius 1 is 1.00 bits per heavy atom. The molecule has 2 aromatic carbocycles. The molecule has 1 aliphatic rings. The molecule has 7 nitrogen and oxygen atoms in total. The lowest BCUT2D eigenvalue weighted by Gasteiger charge is -2.09. The van der Waals surface area contributed by atoms with Crippen LogP contribution in [0.25, 0.3) is 11.3 Å². The van der Waals surface area contributed by atoms with Gasteiger partial charge in [0.25, 0.3) is 10.0 Å². The van der Waals surface area contributed by atoms with Gasteiger partial charge in [-0.25, -0.2) is 8.42 Å². The van der Waals surface area contributed by atoms with Gasteiger partial charge in [-0.05, 0) is 37.1 Å². The number of carbonyl (C=O) groups is 1. The Hall–Kier alpha value is -3.13. The molecule has 1 fully saturated rings. The number of carbonyl (C=O) groups excluding carboxylic acids is 1. The molecule has 0 saturated heterocycles. The van der Waals surface area contributed by atoms with Crippen molar-refractivity contribution in [1.82, 2.24) is 9.78 Å². The van der Waals surface area contributed by atoms with Crippen LogP contribution in [0.1, 0.15) is 38.6 Å². The largest absolute Gasteiger partial charge is 0.326 e. The third-order valence-electron chi connectivity index (χ3n) is 5.19. The van der Waals surface area contributed by atoms with Crippen molar-refractivity contribution in [2.24, 2.45) is 0 Å². The maximum atomic E-state index is 13.3. The zero-order valence-corrected chi connectivity index (χ0v) is 17.5. The van der Waals surface area contributed by atoms with Gasteiger partial charge in [0.2, 0.25) is 5.91 Å². The highest BCUT2D eigenvalue weighted by Crippen LogP contribution is 2.34. The highest BCUT2D eigenvalue weighted by atomic mass is 32.2. The van der Waals surface area contributed by atoms with Gasteiger partial charge in [-0.2, -0.15) is 5.10 Å². The fourth-order valence-electron chi connectivity index (χ4n) is 3.76. The molecule has 1 saturated carbocycles. The van der Waals surface area contributed by atoms with E-state index in [1.807, 2.05) is 35.0 Å². The van der Waals surface area contributed by atoms with Crippen LogP contribution in [0.15, 0.2) is 65.7 Å². The minimum absolute atomic E-state index is 0.159. The number of anilines is 2. The molecule has 8 heteroatoms. The van der Waals surface area contributed by atoms with E-state index in [-0.39, 0.29) is 16.8 Å². The molecule has 0 aliphatic heterocycles. The Labute approximate surface area is 176 Å². The molecule has 0 unspecified atom stereocenters. The second-order valence-corrected chi connectivity index (χ2v) is 9.14. The molecule has 0 bridgehead atoms. The van der Waals surface area contributed by atoms with E-state index in [1.165, 1.54) is 6.92 Å². The molecule has 4 rings (SSSR count). The Morgan fingerprint density at radius 3 is 2.27 bits per heavy atom. The predicted molar refractivity (Wildman–Crippen MR) is 117 cm³/mol. The van der Waals surface area contributed by atoms with Gasteiger partial charge in [0.15, 0.2) is 0 Å². The summed E-state index contributed by atoms with van der Waals surface area (Å²) in [6.07, 6.45) is 5.92. The van der Waals surface area contributed by atoms with Crippen molar-refractivity contribution < 1.29 is 13.2 Å². The third-order valence-corrected chi connectivity index (χ3v) is 6.57. The van der Waals surface area contributed by atoms with E-state index < -0.39 is 10.0 Å². The molecule has 3 aromatic rings. The monoisotopic (exact) mass is 424 g/mol. The molecule has 156 valence electrons. The lowest BCUT2D eigenvalue weighted by Crippen LogP contribution is -2.13. The third kappa shape index (κ3) is 4.38. The number of rotatable bonds is 6. The van der Waals surface area contributed by atoms with Gasteiger partial charge in [-0.3, -0.25) is 14.2 Å². The summed E-state index contributed by atoms with van der Waals surface area (Å²) in [5.74, 6) is -0.185. The average molecular weight is 425 g/mol. The first-order valence-electron chi connectivity index (χ1n) is 9.97. The van der Waals surface area contributed by atoms with Crippen LogP contribution in [0, 0.1) is 0 Å². The first kappa shape index (κ1) is 20.2. The zero-order chi connectivity index (χ0) is 21.1. The number of amides is 1. The smallest absolute Gasteiger partial charge is 0.265 e. The van der Waals surface area contributed by atoms with Gasteiger partial charge in [0, 0.05) is 30.1 Å². The molecule has 1 amide bonds. The quantitative estimate of drug-likeness (QED) is 0.612. The van der Waals surface area contributed by atoms with Gasteiger partial charge < -0.3 is 5.32 Å². The number of hydrogen-bond donors (Lipinski definition) is 2. The first-order chi connectivity index (χ1) is 14.4. The van der Waals surface area contributed by atoms with E-state index >= 15 is 0 Å². The van der Waals surface area contributed by atoms with Crippen LogP contribution in [0.4, 0.5) is 11.4 Å². The van der Waals surface area contributed by atoms with E-state index in [4.69, 9.17) is 0 Å². The fraction of sp³-hybridized carbons (Fsp3) is 0.273. The summed E-state index contributed by atoms with van der Waals surface area (Å²) in [6, 6.07) is 16.1. The standard InChI is InChI=1S/C22H24N4O3S/c1-16(27)23-18-11-13-19(14-12-18)25-30(28,29)21-15-26(20-9-5-6-10-20)24-22(21)17-7-3-2-4-8-17/h2-4,7-8,11-15,20,25H,5-6,9-10H2,1H3,(H,23,27). The minimum Gasteiger partial charge on any atom is -0.326 e. The Bertz CT molecular complexity index is 1130. The van der Waals surface area contributed by atoms with Crippen LogP contribution < -0.4 is 10.0 Å². The van der Waals surface area contributed by atoms with E-state index in [9.17, 15) is 13.2 Å². The molecular weight excluding hydrogens is 400 g/mol. The van der Waals surface area contributed by atoms with E-state index in [1.54, 1.807) is 30.5 Å². The van der Waals surface area contributed by atoms with Crippen LogP contribution in [0.2, 0.25) is 0 Å². The van der Waals surface area contributed by atoms with E-state index in [2.05, 4.69) is 15.1 Å². The highest BCUT2D eigenvalue weighted by Gasteiger charge is 2.27. The molecule has 30 heavy (non-hydrogen) atoms. The summed E-state index contributed by atoms with van der Waals surface area (Å²) in [4.78, 5) is 11.3. The number of nitrogens with one attached hydrogen (secondary N) is 2. The summed E-state index contributed by atoms with van der Waals surface area (Å²) in [5, 5.41) is 7.33. The van der Waals surface area contributed by atoms with Gasteiger partial charge in [-0.15, -0.1) is 0 Å². The number of nitrogens with zero attached hydrogens (tertiary/aromatic N) is 2. The van der Waals surface area contributed by atoms with Gasteiger partial charge in [0.05, 0.1) is 6.04 Å². The van der Waals surface area contributed by atoms with Crippen molar-refractivity contribution in [2.45, 2.75) is 43.5 Å². The number of sulfonamides is 1. The molecule has 0 atom stereocenters. The van der Waals surface area contributed by atoms with Gasteiger partial charge in [0.1, 0.15) is 10.6 Å². The van der Waals surface area contributed by atoms with E-state index in [0.717, 1.165) is 31.2 Å². The van der Waals surface area contributed by atoms with Crippen molar-refractivity contribution in [2.75, 3.05) is 10.0 Å². The SMILES string of the molecule is CC(=O)Nc1ccc(NS(=O)(=O)c2cn(C3CCCC3)nc2-c2ccccc2)cc1. The predicted octanol–water partition coefficient (Wildman–Crippen LogP) is 4.42. The lowest BCUT2D eigenvalue weighted by atomic mass is 10.2. The lowest BCUT2D eigenvalue weighted by molar-refractivity contribution is -0.114. The average Bonchev–Trinajstić information content (AvgIpc) is 3.40. The van der Waals surface area contributed by atoms with Crippen molar-refractivity contribution in [3.63, 3.8) is 0 Å². The van der Waals surface area contributed by atoms with Crippen molar-refractivity contribution in [3.05, 3.63) is 60.8 Å². The fourth-order valence-corrected chi connectivity index (χ4v) is 4.97. The Balaban J connectivity index is 1.67. The van der Waals surface area contributed by atoms with Crippen molar-refractivity contribution in [1.29, 1.82) is 0 Å². The van der Waals surface area contributed by atoms with Gasteiger partial charge in [-0.1, -0.05) is 43.2 Å². The first-order valence-corrected chi connectivity index (χ1v) is 11.5. The molecule has 2 N–H and O–H groups in total. The molecule has 1 aromatic heterocycles. The summed E-state index contributed by atoms with van der Waals surface area (Å²) >= 11 is 0. The molecular formula is C22H24N4O3S. The number of hydrogen-bond acceptors (Lipinski definition) is 4. The Kier molecular flexibility index (Phi) is 5.59. The molecule has 1 aliphatic carbocycles. The zero-order valence-electron chi connectivity index (χ0n) is 16.7. The maximum Gasteiger partial charge on any atom is 0.265 e. The second kappa shape index (κ2) is 8.31. The van der Waals surface area contributed by atoms with Crippen LogP contribution in [-0.4, -0.2) is 24.1 Å². The topological polar surface area (TPSA) is 93.1 Å². The number of benzene rings is 2. The minimum atomic E-state index is -3.86. The normalized spacial score (nSPS) is 14.6. The summed E-state index contributed by atoms with van der Waals surface area (Å²) in [7, 11) is -3.86.